The molecule has 4 rings (SSSR count). The molecule has 240 valence electrons. The van der Waals surface area contributed by atoms with Crippen molar-refractivity contribution in [3.8, 4) is 23.0 Å². The van der Waals surface area contributed by atoms with Crippen LogP contribution in [0.3, 0.4) is 0 Å². The van der Waals surface area contributed by atoms with Crippen LogP contribution in [0.2, 0.25) is 0 Å². The summed E-state index contributed by atoms with van der Waals surface area (Å²) in [7, 11) is 0.256. The van der Waals surface area contributed by atoms with Crippen molar-refractivity contribution in [1.29, 1.82) is 0 Å². The van der Waals surface area contributed by atoms with Crippen molar-refractivity contribution in [2.75, 3.05) is 44.1 Å². The van der Waals surface area contributed by atoms with Gasteiger partial charge < -0.3 is 24.3 Å². The van der Waals surface area contributed by atoms with Gasteiger partial charge in [-0.25, -0.2) is 13.8 Å². The minimum Gasteiger partial charge on any atom is -0.497 e. The van der Waals surface area contributed by atoms with Gasteiger partial charge in [-0.05, 0) is 85.3 Å². The van der Waals surface area contributed by atoms with E-state index >= 15 is 0 Å². The van der Waals surface area contributed by atoms with E-state index in [1.165, 1.54) is 44.7 Å². The summed E-state index contributed by atoms with van der Waals surface area (Å²) in [6.07, 6.45) is 1.39. The number of hydrazone groups is 1. The Bertz CT molecular complexity index is 1780. The van der Waals surface area contributed by atoms with Crippen LogP contribution in [0, 0.1) is 6.92 Å². The summed E-state index contributed by atoms with van der Waals surface area (Å²) in [5.41, 5.74) is 4.64. The van der Waals surface area contributed by atoms with E-state index in [1.54, 1.807) is 73.8 Å². The topological polar surface area (TPSA) is 145 Å². The molecule has 0 unspecified atom stereocenters. The van der Waals surface area contributed by atoms with E-state index in [0.29, 0.717) is 28.5 Å². The molecule has 0 saturated heterocycles. The van der Waals surface area contributed by atoms with Gasteiger partial charge in [0.05, 0.1) is 38.1 Å². The first-order valence-electron chi connectivity index (χ1n) is 13.9. The summed E-state index contributed by atoms with van der Waals surface area (Å²) >= 11 is 0. The van der Waals surface area contributed by atoms with Gasteiger partial charge in [-0.2, -0.15) is 5.10 Å². The Morgan fingerprint density at radius 1 is 0.783 bits per heavy atom. The van der Waals surface area contributed by atoms with Crippen molar-refractivity contribution in [3.63, 3.8) is 0 Å². The molecular weight excluding hydrogens is 612 g/mol. The molecular formula is C33H34N4O8S. The van der Waals surface area contributed by atoms with Crippen LogP contribution in [-0.4, -0.2) is 60.9 Å². The number of rotatable bonds is 14. The predicted octanol–water partition coefficient (Wildman–Crippen LogP) is 4.38. The molecule has 2 amide bonds. The lowest BCUT2D eigenvalue weighted by atomic mass is 10.2. The number of sulfonamides is 1. The first kappa shape index (κ1) is 33.3. The van der Waals surface area contributed by atoms with Gasteiger partial charge >= 0.3 is 0 Å². The number of anilines is 2. The van der Waals surface area contributed by atoms with Crippen LogP contribution in [0.25, 0.3) is 0 Å². The molecule has 0 aromatic heterocycles. The van der Waals surface area contributed by atoms with E-state index in [-0.39, 0.29) is 28.8 Å². The zero-order valence-corrected chi connectivity index (χ0v) is 26.5. The highest BCUT2D eigenvalue weighted by Gasteiger charge is 2.29. The van der Waals surface area contributed by atoms with Crippen LogP contribution in [0.5, 0.6) is 23.0 Å². The summed E-state index contributed by atoms with van der Waals surface area (Å²) in [5.74, 6) is 0.774. The zero-order chi connectivity index (χ0) is 33.1. The van der Waals surface area contributed by atoms with Crippen molar-refractivity contribution in [2.45, 2.75) is 11.8 Å². The fourth-order valence-corrected chi connectivity index (χ4v) is 5.57. The van der Waals surface area contributed by atoms with E-state index < -0.39 is 22.5 Å². The average molecular weight is 647 g/mol. The molecule has 13 heteroatoms. The summed E-state index contributed by atoms with van der Waals surface area (Å²) in [5, 5.41) is 6.71. The highest BCUT2D eigenvalue weighted by molar-refractivity contribution is 7.92. The number of hydrogen-bond donors (Lipinski definition) is 2. The Balaban J connectivity index is 1.39. The lowest BCUT2D eigenvalue weighted by Gasteiger charge is -2.25. The maximum absolute atomic E-state index is 13.7. The second kappa shape index (κ2) is 15.4. The molecule has 0 bridgehead atoms. The molecule has 0 heterocycles. The molecule has 0 radical (unpaired) electrons. The molecule has 4 aromatic rings. The number of carbonyl (C=O) groups is 2. The summed E-state index contributed by atoms with van der Waals surface area (Å²) in [6.45, 7) is 1.06. The van der Waals surface area contributed by atoms with E-state index in [2.05, 4.69) is 15.8 Å². The highest BCUT2D eigenvalue weighted by Crippen LogP contribution is 2.35. The normalized spacial score (nSPS) is 11.0. The number of carbonyl (C=O) groups excluding carboxylic acids is 2. The van der Waals surface area contributed by atoms with Crippen molar-refractivity contribution < 1.29 is 37.0 Å². The van der Waals surface area contributed by atoms with Crippen molar-refractivity contribution in [2.24, 2.45) is 5.10 Å². The van der Waals surface area contributed by atoms with Crippen LogP contribution >= 0.6 is 0 Å². The summed E-state index contributed by atoms with van der Waals surface area (Å²) in [6, 6.07) is 24.5. The van der Waals surface area contributed by atoms with Gasteiger partial charge in [0.1, 0.15) is 29.5 Å². The number of nitrogens with one attached hydrogen (secondary N) is 2. The van der Waals surface area contributed by atoms with Crippen LogP contribution < -0.4 is 34.0 Å². The van der Waals surface area contributed by atoms with Gasteiger partial charge in [-0.15, -0.1) is 0 Å². The van der Waals surface area contributed by atoms with Crippen LogP contribution in [0.4, 0.5) is 11.4 Å². The van der Waals surface area contributed by atoms with Crippen LogP contribution in [0.15, 0.2) is 101 Å². The maximum atomic E-state index is 13.7. The standard InChI is InChI=1S/C33H34N4O8S/c1-23-5-16-29(17-6-23)46(40,41)37(30-18-15-28(43-3)19-31(30)44-4)21-32(38)36-34-20-24-7-11-27(12-8-24)45-22-33(39)35-25-9-13-26(42-2)14-10-25/h5-20H,21-22H2,1-4H3,(H,35,39)(H,36,38)/b34-20-. The molecule has 0 atom stereocenters. The number of amides is 2. The molecule has 0 aliphatic heterocycles. The molecule has 12 nitrogen and oxygen atoms in total. The number of ether oxygens (including phenoxy) is 4. The van der Waals surface area contributed by atoms with Crippen LogP contribution in [-0.2, 0) is 19.6 Å². The van der Waals surface area contributed by atoms with Crippen LogP contribution in [0.1, 0.15) is 11.1 Å². The predicted molar refractivity (Wildman–Crippen MR) is 175 cm³/mol. The number of nitrogens with zero attached hydrogens (tertiary/aromatic N) is 2. The first-order chi connectivity index (χ1) is 22.1. The zero-order valence-electron chi connectivity index (χ0n) is 25.7. The van der Waals surface area contributed by atoms with Gasteiger partial charge in [0, 0.05) is 11.8 Å². The molecule has 0 fully saturated rings. The second-order valence-electron chi connectivity index (χ2n) is 9.79. The van der Waals surface area contributed by atoms with E-state index in [0.717, 1.165) is 9.87 Å². The fourth-order valence-electron chi connectivity index (χ4n) is 4.14. The Kier molecular flexibility index (Phi) is 11.2. The minimum atomic E-state index is -4.18. The highest BCUT2D eigenvalue weighted by atomic mass is 32.2. The number of hydrogen-bond acceptors (Lipinski definition) is 9. The Morgan fingerprint density at radius 3 is 2.04 bits per heavy atom. The number of benzene rings is 4. The molecule has 0 aliphatic carbocycles. The Hall–Kier alpha value is -5.56. The maximum Gasteiger partial charge on any atom is 0.264 e. The van der Waals surface area contributed by atoms with Crippen molar-refractivity contribution in [3.05, 3.63) is 102 Å². The second-order valence-corrected chi connectivity index (χ2v) is 11.7. The number of methoxy groups -OCH3 is 3. The SMILES string of the molecule is COc1ccc(NC(=O)COc2ccc(/C=N\NC(=O)CN(c3ccc(OC)cc3OC)S(=O)(=O)c3ccc(C)cc3)cc2)cc1. The van der Waals surface area contributed by atoms with E-state index in [4.69, 9.17) is 18.9 Å². The monoisotopic (exact) mass is 646 g/mol. The van der Waals surface area contributed by atoms with E-state index in [9.17, 15) is 18.0 Å². The third-order valence-electron chi connectivity index (χ3n) is 6.58. The average Bonchev–Trinajstić information content (AvgIpc) is 3.07. The summed E-state index contributed by atoms with van der Waals surface area (Å²) in [4.78, 5) is 25.2. The minimum absolute atomic E-state index is 0.00722. The van der Waals surface area contributed by atoms with Gasteiger partial charge in [0.15, 0.2) is 6.61 Å². The largest absolute Gasteiger partial charge is 0.497 e. The summed E-state index contributed by atoms with van der Waals surface area (Å²) < 4.78 is 49.7. The fraction of sp³-hybridized carbons (Fsp3) is 0.182. The quantitative estimate of drug-likeness (QED) is 0.152. The molecule has 46 heavy (non-hydrogen) atoms. The molecule has 0 saturated carbocycles. The van der Waals surface area contributed by atoms with Crippen molar-refractivity contribution in [1.82, 2.24) is 5.43 Å². The third kappa shape index (κ3) is 8.76. The lowest BCUT2D eigenvalue weighted by molar-refractivity contribution is -0.119. The molecule has 2 N–H and O–H groups in total. The van der Waals surface area contributed by atoms with Gasteiger partial charge in [0.25, 0.3) is 21.8 Å². The van der Waals surface area contributed by atoms with Crippen molar-refractivity contribution >= 4 is 39.4 Å². The van der Waals surface area contributed by atoms with Gasteiger partial charge in [-0.1, -0.05) is 17.7 Å². The lowest BCUT2D eigenvalue weighted by Crippen LogP contribution is -2.39. The third-order valence-corrected chi connectivity index (χ3v) is 8.35. The smallest absolute Gasteiger partial charge is 0.264 e. The van der Waals surface area contributed by atoms with Gasteiger partial charge in [0.2, 0.25) is 0 Å². The molecule has 0 spiro atoms. The Labute approximate surface area is 267 Å². The molecule has 4 aromatic carbocycles. The molecule has 0 aliphatic rings. The first-order valence-corrected chi connectivity index (χ1v) is 15.4. The number of aryl methyl sites for hydroxylation is 1. The Morgan fingerprint density at radius 2 is 1.41 bits per heavy atom. The van der Waals surface area contributed by atoms with E-state index in [1.807, 2.05) is 6.92 Å². The van der Waals surface area contributed by atoms with Gasteiger partial charge in [-0.3, -0.25) is 13.9 Å².